The highest BCUT2D eigenvalue weighted by molar-refractivity contribution is 9.09. The van der Waals surface area contributed by atoms with Crippen molar-refractivity contribution in [3.8, 4) is 0 Å². The lowest BCUT2D eigenvalue weighted by molar-refractivity contribution is 0.0311. The lowest BCUT2D eigenvalue weighted by Gasteiger charge is -2.16. The standard InChI is InChI=1S/C9H11BrClNO2/c1-5-2-6(11)4-12-8(5)9(14)7(13)3-10/h2,4,7,9,13-14H,3H2,1H3. The molecule has 0 aliphatic heterocycles. The lowest BCUT2D eigenvalue weighted by atomic mass is 10.1. The van der Waals surface area contributed by atoms with Gasteiger partial charge in [0, 0.05) is 11.5 Å². The van der Waals surface area contributed by atoms with Crippen molar-refractivity contribution >= 4 is 27.5 Å². The Hall–Kier alpha value is -0.160. The van der Waals surface area contributed by atoms with Gasteiger partial charge in [0.1, 0.15) is 6.10 Å². The molecule has 0 saturated carbocycles. The third-order valence-electron chi connectivity index (χ3n) is 1.89. The van der Waals surface area contributed by atoms with E-state index in [1.54, 1.807) is 13.0 Å². The molecule has 0 spiro atoms. The van der Waals surface area contributed by atoms with Crippen molar-refractivity contribution in [2.75, 3.05) is 5.33 Å². The average Bonchev–Trinajstić information content (AvgIpc) is 2.15. The first-order valence-electron chi connectivity index (χ1n) is 4.10. The minimum absolute atomic E-state index is 0.303. The first-order valence-corrected chi connectivity index (χ1v) is 5.60. The number of rotatable bonds is 3. The number of alkyl halides is 1. The number of aryl methyl sites for hydroxylation is 1. The van der Waals surface area contributed by atoms with Gasteiger partial charge in [-0.05, 0) is 18.6 Å². The summed E-state index contributed by atoms with van der Waals surface area (Å²) in [6.07, 6.45) is -0.386. The fraction of sp³-hybridized carbons (Fsp3) is 0.444. The number of aromatic nitrogens is 1. The van der Waals surface area contributed by atoms with Gasteiger partial charge in [-0.3, -0.25) is 4.98 Å². The van der Waals surface area contributed by atoms with Gasteiger partial charge in [0.2, 0.25) is 0 Å². The van der Waals surface area contributed by atoms with Crippen molar-refractivity contribution in [1.82, 2.24) is 4.98 Å². The largest absolute Gasteiger partial charge is 0.389 e. The zero-order chi connectivity index (χ0) is 10.7. The molecule has 0 amide bonds. The Morgan fingerprint density at radius 1 is 1.57 bits per heavy atom. The monoisotopic (exact) mass is 279 g/mol. The van der Waals surface area contributed by atoms with Gasteiger partial charge in [0.05, 0.1) is 16.8 Å². The van der Waals surface area contributed by atoms with Crippen LogP contribution in [0.1, 0.15) is 17.4 Å². The van der Waals surface area contributed by atoms with Gasteiger partial charge in [0.25, 0.3) is 0 Å². The second-order valence-electron chi connectivity index (χ2n) is 3.02. The zero-order valence-corrected chi connectivity index (χ0v) is 9.96. The van der Waals surface area contributed by atoms with E-state index in [4.69, 9.17) is 11.6 Å². The van der Waals surface area contributed by atoms with Crippen LogP contribution in [0.3, 0.4) is 0 Å². The summed E-state index contributed by atoms with van der Waals surface area (Å²) in [5.74, 6) is 0. The molecule has 3 nitrogen and oxygen atoms in total. The molecule has 1 aromatic rings. The third-order valence-corrected chi connectivity index (χ3v) is 2.76. The van der Waals surface area contributed by atoms with Crippen LogP contribution in [0.4, 0.5) is 0 Å². The zero-order valence-electron chi connectivity index (χ0n) is 7.61. The Morgan fingerprint density at radius 2 is 2.21 bits per heavy atom. The SMILES string of the molecule is Cc1cc(Cl)cnc1C(O)C(O)CBr. The van der Waals surface area contributed by atoms with Crippen molar-refractivity contribution in [1.29, 1.82) is 0 Å². The summed E-state index contributed by atoms with van der Waals surface area (Å²) in [4.78, 5) is 3.98. The number of halogens is 2. The van der Waals surface area contributed by atoms with E-state index in [1.807, 2.05) is 0 Å². The van der Waals surface area contributed by atoms with E-state index in [0.29, 0.717) is 16.0 Å². The van der Waals surface area contributed by atoms with Crippen LogP contribution in [0.25, 0.3) is 0 Å². The summed E-state index contributed by atoms with van der Waals surface area (Å²) in [5, 5.41) is 19.9. The smallest absolute Gasteiger partial charge is 0.123 e. The molecule has 1 heterocycles. The molecular formula is C9H11BrClNO2. The van der Waals surface area contributed by atoms with Gasteiger partial charge in [-0.15, -0.1) is 0 Å². The van der Waals surface area contributed by atoms with Gasteiger partial charge in [0.15, 0.2) is 0 Å². The molecule has 0 fully saturated rings. The molecule has 0 aromatic carbocycles. The average molecular weight is 281 g/mol. The minimum atomic E-state index is -0.980. The highest BCUT2D eigenvalue weighted by Crippen LogP contribution is 2.21. The fourth-order valence-electron chi connectivity index (χ4n) is 1.13. The maximum absolute atomic E-state index is 9.68. The number of hydrogen-bond donors (Lipinski definition) is 2. The predicted molar refractivity (Wildman–Crippen MR) is 58.7 cm³/mol. The second kappa shape index (κ2) is 5.07. The van der Waals surface area contributed by atoms with Gasteiger partial charge in [-0.2, -0.15) is 0 Å². The number of pyridine rings is 1. The van der Waals surface area contributed by atoms with E-state index in [2.05, 4.69) is 20.9 Å². The Bertz CT molecular complexity index is 322. The molecular weight excluding hydrogens is 269 g/mol. The van der Waals surface area contributed by atoms with Gasteiger partial charge >= 0.3 is 0 Å². The van der Waals surface area contributed by atoms with Crippen LogP contribution in [0.2, 0.25) is 5.02 Å². The first kappa shape index (κ1) is 11.9. The van der Waals surface area contributed by atoms with E-state index in [0.717, 1.165) is 5.56 Å². The molecule has 0 aliphatic rings. The van der Waals surface area contributed by atoms with Crippen LogP contribution >= 0.6 is 27.5 Å². The first-order chi connectivity index (χ1) is 6.56. The molecule has 0 radical (unpaired) electrons. The number of aliphatic hydroxyl groups excluding tert-OH is 2. The highest BCUT2D eigenvalue weighted by Gasteiger charge is 2.20. The summed E-state index contributed by atoms with van der Waals surface area (Å²) < 4.78 is 0. The highest BCUT2D eigenvalue weighted by atomic mass is 79.9. The lowest BCUT2D eigenvalue weighted by Crippen LogP contribution is -2.21. The predicted octanol–water partition coefficient (Wildman–Crippen LogP) is 1.83. The normalized spacial score (nSPS) is 15.2. The maximum atomic E-state index is 9.68. The summed E-state index contributed by atoms with van der Waals surface area (Å²) in [6, 6.07) is 1.70. The molecule has 0 aliphatic carbocycles. The molecule has 1 rings (SSSR count). The minimum Gasteiger partial charge on any atom is -0.389 e. The Labute approximate surface area is 95.9 Å². The summed E-state index contributed by atoms with van der Waals surface area (Å²) in [5.41, 5.74) is 1.23. The molecule has 0 bridgehead atoms. The topological polar surface area (TPSA) is 53.4 Å². The van der Waals surface area contributed by atoms with Crippen molar-refractivity contribution < 1.29 is 10.2 Å². The quantitative estimate of drug-likeness (QED) is 0.831. The van der Waals surface area contributed by atoms with Crippen LogP contribution in [-0.2, 0) is 0 Å². The van der Waals surface area contributed by atoms with Gasteiger partial charge < -0.3 is 10.2 Å². The molecule has 14 heavy (non-hydrogen) atoms. The molecule has 5 heteroatoms. The molecule has 1 aromatic heterocycles. The molecule has 2 N–H and O–H groups in total. The fourth-order valence-corrected chi connectivity index (χ4v) is 1.69. The van der Waals surface area contributed by atoms with E-state index in [1.165, 1.54) is 6.20 Å². The number of nitrogens with zero attached hydrogens (tertiary/aromatic N) is 1. The maximum Gasteiger partial charge on any atom is 0.123 e. The van der Waals surface area contributed by atoms with Crippen molar-refractivity contribution in [3.63, 3.8) is 0 Å². The molecule has 2 atom stereocenters. The van der Waals surface area contributed by atoms with Crippen LogP contribution in [0.15, 0.2) is 12.3 Å². The Balaban J connectivity index is 2.95. The Kier molecular flexibility index (Phi) is 4.31. The second-order valence-corrected chi connectivity index (χ2v) is 4.11. The number of hydrogen-bond acceptors (Lipinski definition) is 3. The molecule has 2 unspecified atom stereocenters. The van der Waals surface area contributed by atoms with Crippen LogP contribution in [-0.4, -0.2) is 26.6 Å². The number of aliphatic hydroxyl groups is 2. The third kappa shape index (κ3) is 2.67. The summed E-state index contributed by atoms with van der Waals surface area (Å²) in [7, 11) is 0. The van der Waals surface area contributed by atoms with Crippen LogP contribution in [0, 0.1) is 6.92 Å². The van der Waals surface area contributed by atoms with Crippen molar-refractivity contribution in [3.05, 3.63) is 28.5 Å². The van der Waals surface area contributed by atoms with E-state index in [9.17, 15) is 10.2 Å². The van der Waals surface area contributed by atoms with Crippen LogP contribution in [0.5, 0.6) is 0 Å². The summed E-state index contributed by atoms with van der Waals surface area (Å²) in [6.45, 7) is 1.79. The molecule has 0 saturated heterocycles. The van der Waals surface area contributed by atoms with E-state index >= 15 is 0 Å². The van der Waals surface area contributed by atoms with Gasteiger partial charge in [-0.25, -0.2) is 0 Å². The van der Waals surface area contributed by atoms with Crippen LogP contribution < -0.4 is 0 Å². The molecule has 78 valence electrons. The Morgan fingerprint density at radius 3 is 2.71 bits per heavy atom. The van der Waals surface area contributed by atoms with E-state index in [-0.39, 0.29) is 0 Å². The van der Waals surface area contributed by atoms with E-state index < -0.39 is 12.2 Å². The van der Waals surface area contributed by atoms with Gasteiger partial charge in [-0.1, -0.05) is 27.5 Å². The van der Waals surface area contributed by atoms with Crippen molar-refractivity contribution in [2.24, 2.45) is 0 Å². The summed E-state index contributed by atoms with van der Waals surface area (Å²) >= 11 is 8.81. The van der Waals surface area contributed by atoms with Crippen molar-refractivity contribution in [2.45, 2.75) is 19.1 Å².